The maximum absolute atomic E-state index is 5.92. The number of rotatable bonds is 2. The Labute approximate surface area is 102 Å². The third kappa shape index (κ3) is 2.45. The van der Waals surface area contributed by atoms with Crippen molar-refractivity contribution in [1.82, 2.24) is 0 Å². The topological polar surface area (TPSA) is 47.3 Å². The van der Waals surface area contributed by atoms with E-state index in [9.17, 15) is 0 Å². The molecule has 1 saturated carbocycles. The van der Waals surface area contributed by atoms with Crippen molar-refractivity contribution < 1.29 is 4.74 Å². The summed E-state index contributed by atoms with van der Waals surface area (Å²) in [6.07, 6.45) is 4.67. The lowest BCUT2D eigenvalue weighted by molar-refractivity contribution is 0.134. The van der Waals surface area contributed by atoms with Crippen LogP contribution in [0.25, 0.3) is 0 Å². The number of hydrogen-bond donors (Lipinski definition) is 2. The molecule has 0 unspecified atom stereocenters. The summed E-state index contributed by atoms with van der Waals surface area (Å²) in [4.78, 5) is 0. The molecule has 2 aliphatic rings. The van der Waals surface area contributed by atoms with Crippen LogP contribution in [0.3, 0.4) is 0 Å². The van der Waals surface area contributed by atoms with Crippen molar-refractivity contribution in [3.05, 3.63) is 29.3 Å². The van der Waals surface area contributed by atoms with Gasteiger partial charge in [-0.1, -0.05) is 6.07 Å². The first-order chi connectivity index (χ1) is 8.31. The molecule has 1 aliphatic heterocycles. The molecule has 92 valence electrons. The van der Waals surface area contributed by atoms with E-state index < -0.39 is 0 Å². The molecular formula is C14H20N2O. The third-order valence-electron chi connectivity index (χ3n) is 3.86. The van der Waals surface area contributed by atoms with Crippen LogP contribution in [0, 0.1) is 0 Å². The van der Waals surface area contributed by atoms with Crippen LogP contribution < -0.4 is 11.1 Å². The predicted molar refractivity (Wildman–Crippen MR) is 68.8 cm³/mol. The second-order valence-corrected chi connectivity index (χ2v) is 5.23. The standard InChI is InChI=1S/C14H20N2O/c15-12-2-5-13(6-3-12)16-14-4-1-10-8-17-9-11(10)7-14/h1,4,7,12-13,16H,2-3,5-6,8-9,15H2. The van der Waals surface area contributed by atoms with E-state index in [-0.39, 0.29) is 0 Å². The summed E-state index contributed by atoms with van der Waals surface area (Å²) in [5.74, 6) is 0. The molecule has 0 spiro atoms. The van der Waals surface area contributed by atoms with Gasteiger partial charge in [-0.2, -0.15) is 0 Å². The highest BCUT2D eigenvalue weighted by Crippen LogP contribution is 2.26. The number of nitrogens with one attached hydrogen (secondary N) is 1. The van der Waals surface area contributed by atoms with Crippen LogP contribution >= 0.6 is 0 Å². The molecule has 1 aliphatic carbocycles. The van der Waals surface area contributed by atoms with Crippen LogP contribution in [0.15, 0.2) is 18.2 Å². The van der Waals surface area contributed by atoms with Crippen molar-refractivity contribution in [2.45, 2.75) is 51.0 Å². The highest BCUT2D eigenvalue weighted by molar-refractivity contribution is 5.50. The van der Waals surface area contributed by atoms with Crippen LogP contribution in [0.4, 0.5) is 5.69 Å². The van der Waals surface area contributed by atoms with Gasteiger partial charge in [-0.25, -0.2) is 0 Å². The fraction of sp³-hybridized carbons (Fsp3) is 0.571. The molecule has 17 heavy (non-hydrogen) atoms. The molecule has 1 fully saturated rings. The molecule has 3 heteroatoms. The second-order valence-electron chi connectivity index (χ2n) is 5.23. The summed E-state index contributed by atoms with van der Waals surface area (Å²) < 4.78 is 5.43. The SMILES string of the molecule is NC1CCC(Nc2ccc3c(c2)COC3)CC1. The second kappa shape index (κ2) is 4.67. The van der Waals surface area contributed by atoms with Crippen LogP contribution in [0.1, 0.15) is 36.8 Å². The Morgan fingerprint density at radius 2 is 1.82 bits per heavy atom. The molecule has 1 aromatic carbocycles. The van der Waals surface area contributed by atoms with Crippen LogP contribution in [-0.4, -0.2) is 12.1 Å². The van der Waals surface area contributed by atoms with Crippen LogP contribution in [-0.2, 0) is 18.0 Å². The first kappa shape index (κ1) is 11.1. The maximum atomic E-state index is 5.92. The van der Waals surface area contributed by atoms with Crippen LogP contribution in [0.5, 0.6) is 0 Å². The van der Waals surface area contributed by atoms with Gasteiger partial charge >= 0.3 is 0 Å². The Hall–Kier alpha value is -1.06. The Morgan fingerprint density at radius 1 is 1.06 bits per heavy atom. The minimum Gasteiger partial charge on any atom is -0.382 e. The number of hydrogen-bond acceptors (Lipinski definition) is 3. The van der Waals surface area contributed by atoms with Crippen molar-refractivity contribution >= 4 is 5.69 Å². The lowest BCUT2D eigenvalue weighted by atomic mass is 9.91. The molecule has 3 N–H and O–H groups in total. The van der Waals surface area contributed by atoms with Crippen molar-refractivity contribution in [1.29, 1.82) is 0 Å². The Kier molecular flexibility index (Phi) is 3.04. The molecule has 0 radical (unpaired) electrons. The van der Waals surface area contributed by atoms with E-state index in [1.165, 1.54) is 29.7 Å². The fourth-order valence-corrected chi connectivity index (χ4v) is 2.76. The van der Waals surface area contributed by atoms with Gasteiger partial charge in [0.2, 0.25) is 0 Å². The van der Waals surface area contributed by atoms with Crippen molar-refractivity contribution in [2.24, 2.45) is 5.73 Å². The number of benzene rings is 1. The van der Waals surface area contributed by atoms with Gasteiger partial charge in [0.25, 0.3) is 0 Å². The van der Waals surface area contributed by atoms with E-state index in [1.807, 2.05) is 0 Å². The fourth-order valence-electron chi connectivity index (χ4n) is 2.76. The molecule has 1 aromatic rings. The van der Waals surface area contributed by atoms with Crippen molar-refractivity contribution in [2.75, 3.05) is 5.32 Å². The summed E-state index contributed by atoms with van der Waals surface area (Å²) in [6.45, 7) is 1.54. The number of anilines is 1. The van der Waals surface area contributed by atoms with Gasteiger partial charge in [0.15, 0.2) is 0 Å². The zero-order valence-electron chi connectivity index (χ0n) is 10.1. The van der Waals surface area contributed by atoms with Crippen molar-refractivity contribution in [3.8, 4) is 0 Å². The number of ether oxygens (including phenoxy) is 1. The third-order valence-corrected chi connectivity index (χ3v) is 3.86. The Balaban J connectivity index is 1.65. The lowest BCUT2D eigenvalue weighted by Gasteiger charge is -2.27. The van der Waals surface area contributed by atoms with Gasteiger partial charge < -0.3 is 15.8 Å². The Bertz CT molecular complexity index is 397. The van der Waals surface area contributed by atoms with Gasteiger partial charge in [0.05, 0.1) is 13.2 Å². The Morgan fingerprint density at radius 3 is 2.65 bits per heavy atom. The van der Waals surface area contributed by atoms with E-state index in [1.54, 1.807) is 0 Å². The highest BCUT2D eigenvalue weighted by atomic mass is 16.5. The average molecular weight is 232 g/mol. The number of fused-ring (bicyclic) bond motifs is 1. The van der Waals surface area contributed by atoms with E-state index in [2.05, 4.69) is 23.5 Å². The largest absolute Gasteiger partial charge is 0.382 e. The molecule has 0 saturated heterocycles. The zero-order chi connectivity index (χ0) is 11.7. The van der Waals surface area contributed by atoms with E-state index in [0.717, 1.165) is 26.1 Å². The highest BCUT2D eigenvalue weighted by Gasteiger charge is 2.19. The average Bonchev–Trinajstić information content (AvgIpc) is 2.79. The molecule has 0 atom stereocenters. The van der Waals surface area contributed by atoms with E-state index in [4.69, 9.17) is 10.5 Å². The van der Waals surface area contributed by atoms with E-state index in [0.29, 0.717) is 12.1 Å². The van der Waals surface area contributed by atoms with Crippen molar-refractivity contribution in [3.63, 3.8) is 0 Å². The van der Waals surface area contributed by atoms with Gasteiger partial charge in [-0.15, -0.1) is 0 Å². The van der Waals surface area contributed by atoms with Gasteiger partial charge in [0, 0.05) is 17.8 Å². The summed E-state index contributed by atoms with van der Waals surface area (Å²) in [5.41, 5.74) is 9.82. The maximum Gasteiger partial charge on any atom is 0.0725 e. The van der Waals surface area contributed by atoms with Gasteiger partial charge in [-0.05, 0) is 48.9 Å². The van der Waals surface area contributed by atoms with E-state index >= 15 is 0 Å². The molecule has 1 heterocycles. The zero-order valence-corrected chi connectivity index (χ0v) is 10.1. The minimum atomic E-state index is 0.418. The summed E-state index contributed by atoms with van der Waals surface area (Å²) in [5, 5.41) is 3.62. The van der Waals surface area contributed by atoms with Crippen LogP contribution in [0.2, 0.25) is 0 Å². The molecule has 0 amide bonds. The van der Waals surface area contributed by atoms with Gasteiger partial charge in [0.1, 0.15) is 0 Å². The van der Waals surface area contributed by atoms with Gasteiger partial charge in [-0.3, -0.25) is 0 Å². The molecular weight excluding hydrogens is 212 g/mol. The quantitative estimate of drug-likeness (QED) is 0.823. The molecule has 3 nitrogen and oxygen atoms in total. The first-order valence-corrected chi connectivity index (χ1v) is 6.53. The minimum absolute atomic E-state index is 0.418. The first-order valence-electron chi connectivity index (χ1n) is 6.53. The number of nitrogens with two attached hydrogens (primary N) is 1. The molecule has 0 bridgehead atoms. The molecule has 0 aromatic heterocycles. The summed E-state index contributed by atoms with van der Waals surface area (Å²) in [6, 6.07) is 7.59. The predicted octanol–water partition coefficient (Wildman–Crippen LogP) is 2.40. The monoisotopic (exact) mass is 232 g/mol. The summed E-state index contributed by atoms with van der Waals surface area (Å²) in [7, 11) is 0. The lowest BCUT2D eigenvalue weighted by Crippen LogP contribution is -2.32. The molecule has 3 rings (SSSR count). The summed E-state index contributed by atoms with van der Waals surface area (Å²) >= 11 is 0. The smallest absolute Gasteiger partial charge is 0.0725 e. The normalized spacial score (nSPS) is 27.8.